The molecule has 0 fully saturated rings. The van der Waals surface area contributed by atoms with Crippen molar-refractivity contribution >= 4 is 33.5 Å². The van der Waals surface area contributed by atoms with E-state index >= 15 is 0 Å². The van der Waals surface area contributed by atoms with Crippen LogP contribution in [0.2, 0.25) is 0 Å². The molecule has 1 aromatic heterocycles. The summed E-state index contributed by atoms with van der Waals surface area (Å²) in [7, 11) is 1.67. The molecule has 0 spiro atoms. The van der Waals surface area contributed by atoms with Crippen LogP contribution in [0, 0.1) is 6.92 Å². The zero-order valence-corrected chi connectivity index (χ0v) is 15.1. The molecule has 0 aliphatic heterocycles. The predicted molar refractivity (Wildman–Crippen MR) is 102 cm³/mol. The van der Waals surface area contributed by atoms with Crippen LogP contribution >= 0.6 is 11.3 Å². The van der Waals surface area contributed by atoms with E-state index in [4.69, 9.17) is 4.74 Å². The van der Waals surface area contributed by atoms with Gasteiger partial charge in [-0.3, -0.25) is 4.79 Å². The predicted octanol–water partition coefficient (Wildman–Crippen LogP) is 3.80. The summed E-state index contributed by atoms with van der Waals surface area (Å²) in [6.07, 6.45) is 3.29. The van der Waals surface area contributed by atoms with Crippen LogP contribution in [0.15, 0.2) is 59.6 Å². The first kappa shape index (κ1) is 17.3. The maximum Gasteiger partial charge on any atom is 0.272 e. The Bertz CT molecular complexity index is 968. The molecule has 128 valence electrons. The second-order valence-electron chi connectivity index (χ2n) is 5.69. The zero-order valence-electron chi connectivity index (χ0n) is 14.3. The van der Waals surface area contributed by atoms with Crippen LogP contribution in [-0.4, -0.2) is 24.2 Å². The van der Waals surface area contributed by atoms with Gasteiger partial charge in [0.05, 0.1) is 16.8 Å². The summed E-state index contributed by atoms with van der Waals surface area (Å²) in [6, 6.07) is 16.0. The fourth-order valence-corrected chi connectivity index (χ4v) is 3.69. The molecule has 4 nitrogen and oxygen atoms in total. The van der Waals surface area contributed by atoms with Crippen LogP contribution in [0.1, 0.15) is 11.1 Å². The minimum Gasteiger partial charge on any atom is -0.383 e. The number of aromatic nitrogens is 1. The van der Waals surface area contributed by atoms with E-state index in [1.807, 2.05) is 34.9 Å². The van der Waals surface area contributed by atoms with Gasteiger partial charge in [-0.15, -0.1) is 0 Å². The lowest BCUT2D eigenvalue weighted by atomic mass is 10.2. The minimum atomic E-state index is -0.265. The van der Waals surface area contributed by atoms with Gasteiger partial charge < -0.3 is 9.30 Å². The molecule has 0 unspecified atom stereocenters. The van der Waals surface area contributed by atoms with Crippen LogP contribution in [-0.2, 0) is 16.1 Å². The first-order valence-electron chi connectivity index (χ1n) is 8.08. The van der Waals surface area contributed by atoms with E-state index in [-0.39, 0.29) is 5.91 Å². The minimum absolute atomic E-state index is 0.265. The van der Waals surface area contributed by atoms with Crippen molar-refractivity contribution in [2.45, 2.75) is 13.5 Å². The molecule has 0 saturated carbocycles. The molecule has 0 aliphatic carbocycles. The Morgan fingerprint density at radius 3 is 2.80 bits per heavy atom. The van der Waals surface area contributed by atoms with Gasteiger partial charge in [-0.05, 0) is 36.3 Å². The van der Waals surface area contributed by atoms with Crippen molar-refractivity contribution in [3.05, 3.63) is 70.5 Å². The number of hydrogen-bond donors (Lipinski definition) is 0. The van der Waals surface area contributed by atoms with E-state index in [2.05, 4.69) is 30.1 Å². The molecule has 0 radical (unpaired) electrons. The third kappa shape index (κ3) is 4.32. The quantitative estimate of drug-likeness (QED) is 0.656. The monoisotopic (exact) mass is 352 g/mol. The van der Waals surface area contributed by atoms with E-state index in [0.717, 1.165) is 15.8 Å². The Hall–Kier alpha value is -2.50. The summed E-state index contributed by atoms with van der Waals surface area (Å²) in [5.74, 6) is -0.265. The Kier molecular flexibility index (Phi) is 5.58. The van der Waals surface area contributed by atoms with Crippen molar-refractivity contribution in [2.24, 2.45) is 4.99 Å². The van der Waals surface area contributed by atoms with Crippen LogP contribution in [0.25, 0.3) is 16.3 Å². The number of hydrogen-bond acceptors (Lipinski definition) is 3. The van der Waals surface area contributed by atoms with Crippen LogP contribution in [0.3, 0.4) is 0 Å². The highest BCUT2D eigenvalue weighted by atomic mass is 32.1. The number of nitrogens with zero attached hydrogens (tertiary/aromatic N) is 2. The van der Waals surface area contributed by atoms with Crippen LogP contribution < -0.4 is 4.80 Å². The molecule has 1 heterocycles. The van der Waals surface area contributed by atoms with Gasteiger partial charge in [0, 0.05) is 19.7 Å². The van der Waals surface area contributed by atoms with Crippen molar-refractivity contribution in [1.82, 2.24) is 4.57 Å². The van der Waals surface area contributed by atoms with Crippen molar-refractivity contribution in [3.8, 4) is 0 Å². The Balaban J connectivity index is 1.96. The highest BCUT2D eigenvalue weighted by Crippen LogP contribution is 2.19. The maximum absolute atomic E-state index is 12.3. The van der Waals surface area contributed by atoms with E-state index in [1.54, 1.807) is 13.2 Å². The number of thiazole rings is 1. The second-order valence-corrected chi connectivity index (χ2v) is 6.70. The molecular formula is C20H20N2O2S. The number of benzene rings is 2. The third-order valence-electron chi connectivity index (χ3n) is 3.78. The van der Waals surface area contributed by atoms with Gasteiger partial charge in [0.1, 0.15) is 0 Å². The second kappa shape index (κ2) is 8.05. The van der Waals surface area contributed by atoms with E-state index < -0.39 is 0 Å². The smallest absolute Gasteiger partial charge is 0.272 e. The fraction of sp³-hybridized carbons (Fsp3) is 0.200. The first-order chi connectivity index (χ1) is 12.2. The third-order valence-corrected chi connectivity index (χ3v) is 4.82. The summed E-state index contributed by atoms with van der Waals surface area (Å²) in [6.45, 7) is 3.29. The molecule has 0 N–H and O–H groups in total. The van der Waals surface area contributed by atoms with Gasteiger partial charge in [-0.1, -0.05) is 47.7 Å². The Morgan fingerprint density at radius 2 is 2.04 bits per heavy atom. The van der Waals surface area contributed by atoms with E-state index in [1.165, 1.54) is 23.0 Å². The van der Waals surface area contributed by atoms with E-state index in [9.17, 15) is 4.79 Å². The number of fused-ring (bicyclic) bond motifs is 1. The lowest BCUT2D eigenvalue weighted by molar-refractivity contribution is -0.113. The van der Waals surface area contributed by atoms with Gasteiger partial charge in [0.2, 0.25) is 0 Å². The molecule has 0 saturated heterocycles. The molecule has 0 atom stereocenters. The summed E-state index contributed by atoms with van der Waals surface area (Å²) in [4.78, 5) is 17.3. The molecule has 1 amide bonds. The number of carbonyl (C=O) groups excluding carboxylic acids is 1. The summed E-state index contributed by atoms with van der Waals surface area (Å²) in [5.41, 5.74) is 3.24. The normalized spacial score (nSPS) is 12.3. The Labute approximate surface area is 150 Å². The molecular weight excluding hydrogens is 332 g/mol. The first-order valence-corrected chi connectivity index (χ1v) is 8.90. The molecule has 0 bridgehead atoms. The molecule has 25 heavy (non-hydrogen) atoms. The number of aryl methyl sites for hydroxylation is 1. The summed E-state index contributed by atoms with van der Waals surface area (Å²) in [5, 5.41) is 0. The van der Waals surface area contributed by atoms with Crippen molar-refractivity contribution < 1.29 is 9.53 Å². The summed E-state index contributed by atoms with van der Waals surface area (Å²) >= 11 is 1.52. The Morgan fingerprint density at radius 1 is 1.24 bits per heavy atom. The van der Waals surface area contributed by atoms with Crippen molar-refractivity contribution in [2.75, 3.05) is 13.7 Å². The van der Waals surface area contributed by atoms with Crippen molar-refractivity contribution in [3.63, 3.8) is 0 Å². The van der Waals surface area contributed by atoms with Gasteiger partial charge >= 0.3 is 0 Å². The lowest BCUT2D eigenvalue weighted by Crippen LogP contribution is -2.18. The van der Waals surface area contributed by atoms with Crippen molar-refractivity contribution in [1.29, 1.82) is 0 Å². The number of ether oxygens (including phenoxy) is 1. The molecule has 5 heteroatoms. The average Bonchev–Trinajstić information content (AvgIpc) is 2.95. The SMILES string of the molecule is COCCn1c(=NC(=O)/C=C/c2ccccc2)sc2cc(C)ccc21. The van der Waals surface area contributed by atoms with Gasteiger partial charge in [-0.2, -0.15) is 4.99 Å². The standard InChI is InChI=1S/C20H20N2O2S/c1-15-8-10-17-18(14-15)25-20(22(17)12-13-24-2)21-19(23)11-9-16-6-4-3-5-7-16/h3-11,14H,12-13H2,1-2H3/b11-9+,21-20?. The fourth-order valence-electron chi connectivity index (χ4n) is 2.53. The number of amides is 1. The molecule has 2 aromatic carbocycles. The molecule has 3 rings (SSSR count). The van der Waals surface area contributed by atoms with Gasteiger partial charge in [-0.25, -0.2) is 0 Å². The lowest BCUT2D eigenvalue weighted by Gasteiger charge is -2.04. The maximum atomic E-state index is 12.3. The number of methoxy groups -OCH3 is 1. The number of carbonyl (C=O) groups is 1. The largest absolute Gasteiger partial charge is 0.383 e. The highest BCUT2D eigenvalue weighted by molar-refractivity contribution is 7.16. The number of rotatable bonds is 5. The topological polar surface area (TPSA) is 43.6 Å². The van der Waals surface area contributed by atoms with Crippen LogP contribution in [0.5, 0.6) is 0 Å². The summed E-state index contributed by atoms with van der Waals surface area (Å²) < 4.78 is 8.36. The van der Waals surface area contributed by atoms with Gasteiger partial charge in [0.25, 0.3) is 5.91 Å². The molecule has 3 aromatic rings. The average molecular weight is 352 g/mol. The van der Waals surface area contributed by atoms with Gasteiger partial charge in [0.15, 0.2) is 4.80 Å². The highest BCUT2D eigenvalue weighted by Gasteiger charge is 2.07. The molecule has 0 aliphatic rings. The zero-order chi connectivity index (χ0) is 17.6. The van der Waals surface area contributed by atoms with E-state index in [0.29, 0.717) is 18.0 Å². The van der Waals surface area contributed by atoms with Crippen LogP contribution in [0.4, 0.5) is 0 Å².